The minimum absolute atomic E-state index is 0.142. The zero-order valence-electron chi connectivity index (χ0n) is 12.2. The Kier molecular flexibility index (Phi) is 4.83. The molecule has 0 aromatic heterocycles. The number of amidine groups is 1. The van der Waals surface area contributed by atoms with Crippen LogP contribution in [0, 0.1) is 0 Å². The van der Waals surface area contributed by atoms with Gasteiger partial charge in [-0.2, -0.15) is 0 Å². The van der Waals surface area contributed by atoms with Crippen molar-refractivity contribution >= 4 is 50.5 Å². The van der Waals surface area contributed by atoms with Crippen LogP contribution >= 0.6 is 27.7 Å². The van der Waals surface area contributed by atoms with Gasteiger partial charge in [-0.1, -0.05) is 24.3 Å². The predicted molar refractivity (Wildman–Crippen MR) is 97.9 cm³/mol. The molecule has 1 saturated heterocycles. The number of nitrogens with one attached hydrogen (secondary N) is 1. The van der Waals surface area contributed by atoms with E-state index in [9.17, 15) is 4.79 Å². The van der Waals surface area contributed by atoms with Crippen molar-refractivity contribution in [2.75, 3.05) is 7.11 Å². The Bertz CT molecular complexity index is 800. The number of carbonyl (C=O) groups excluding carboxylic acids is 1. The molecule has 4 nitrogen and oxygen atoms in total. The highest BCUT2D eigenvalue weighted by atomic mass is 79.9. The van der Waals surface area contributed by atoms with Crippen LogP contribution in [0.5, 0.6) is 5.75 Å². The number of hydrogen-bond donors (Lipinski definition) is 1. The van der Waals surface area contributed by atoms with E-state index >= 15 is 0 Å². The summed E-state index contributed by atoms with van der Waals surface area (Å²) in [6, 6.07) is 15.2. The SMILES string of the molecule is COc1ccc(/C=C2/SC(=Nc3ccccc3Br)NC2=O)cc1. The number of carbonyl (C=O) groups is 1. The van der Waals surface area contributed by atoms with E-state index in [2.05, 4.69) is 26.2 Å². The van der Waals surface area contributed by atoms with Gasteiger partial charge in [0.1, 0.15) is 5.75 Å². The number of rotatable bonds is 3. The number of para-hydroxylation sites is 1. The van der Waals surface area contributed by atoms with Crippen molar-refractivity contribution in [1.29, 1.82) is 0 Å². The van der Waals surface area contributed by atoms with E-state index in [1.54, 1.807) is 7.11 Å². The fourth-order valence-electron chi connectivity index (χ4n) is 1.98. The van der Waals surface area contributed by atoms with Gasteiger partial charge >= 0.3 is 0 Å². The molecule has 0 spiro atoms. The molecular formula is C17H13BrN2O2S. The zero-order valence-corrected chi connectivity index (χ0v) is 14.6. The second-order valence-corrected chi connectivity index (χ2v) is 6.59. The lowest BCUT2D eigenvalue weighted by molar-refractivity contribution is -0.115. The molecule has 23 heavy (non-hydrogen) atoms. The number of ether oxygens (including phenoxy) is 1. The van der Waals surface area contributed by atoms with Gasteiger partial charge in [-0.05, 0) is 63.6 Å². The molecule has 2 aromatic rings. The Morgan fingerprint density at radius 1 is 1.17 bits per heavy atom. The molecule has 0 radical (unpaired) electrons. The molecule has 1 N–H and O–H groups in total. The van der Waals surface area contributed by atoms with E-state index in [4.69, 9.17) is 4.74 Å². The number of aliphatic imine (C=N–C) groups is 1. The molecule has 1 fully saturated rings. The Hall–Kier alpha value is -2.05. The number of hydrogen-bond acceptors (Lipinski definition) is 4. The van der Waals surface area contributed by atoms with Crippen LogP contribution in [0.1, 0.15) is 5.56 Å². The number of nitrogens with zero attached hydrogens (tertiary/aromatic N) is 1. The van der Waals surface area contributed by atoms with E-state index in [0.29, 0.717) is 10.1 Å². The normalized spacial score (nSPS) is 17.6. The van der Waals surface area contributed by atoms with Crippen LogP contribution < -0.4 is 10.1 Å². The van der Waals surface area contributed by atoms with Crippen molar-refractivity contribution in [3.8, 4) is 5.75 Å². The summed E-state index contributed by atoms with van der Waals surface area (Å²) in [5, 5.41) is 3.35. The summed E-state index contributed by atoms with van der Waals surface area (Å²) in [7, 11) is 1.62. The molecule has 3 rings (SSSR count). The third-order valence-electron chi connectivity index (χ3n) is 3.14. The Morgan fingerprint density at radius 2 is 1.91 bits per heavy atom. The molecule has 1 heterocycles. The number of halogens is 1. The van der Waals surface area contributed by atoms with Crippen LogP contribution in [0.4, 0.5) is 5.69 Å². The number of benzene rings is 2. The molecule has 0 aliphatic carbocycles. The van der Waals surface area contributed by atoms with E-state index in [1.165, 1.54) is 11.8 Å². The standard InChI is InChI=1S/C17H13BrN2O2S/c1-22-12-8-6-11(7-9-12)10-15-16(21)20-17(23-15)19-14-5-3-2-4-13(14)18/h2-10H,1H3,(H,19,20,21)/b15-10+. The fourth-order valence-corrected chi connectivity index (χ4v) is 3.19. The van der Waals surface area contributed by atoms with Crippen LogP contribution in [0.25, 0.3) is 6.08 Å². The second kappa shape index (κ2) is 7.02. The van der Waals surface area contributed by atoms with Crippen LogP contribution in [0.2, 0.25) is 0 Å². The maximum atomic E-state index is 12.1. The van der Waals surface area contributed by atoms with Crippen molar-refractivity contribution in [2.45, 2.75) is 0 Å². The monoisotopic (exact) mass is 388 g/mol. The molecule has 0 saturated carbocycles. The first-order valence-electron chi connectivity index (χ1n) is 6.84. The first-order valence-corrected chi connectivity index (χ1v) is 8.45. The lowest BCUT2D eigenvalue weighted by Crippen LogP contribution is -2.19. The molecule has 0 unspecified atom stereocenters. The highest BCUT2D eigenvalue weighted by Crippen LogP contribution is 2.31. The Balaban J connectivity index is 1.82. The smallest absolute Gasteiger partial charge is 0.264 e. The molecule has 1 aliphatic rings. The van der Waals surface area contributed by atoms with Crippen molar-refractivity contribution in [1.82, 2.24) is 5.32 Å². The first kappa shape index (κ1) is 15.8. The average molecular weight is 389 g/mol. The van der Waals surface area contributed by atoms with Gasteiger partial charge in [0.15, 0.2) is 5.17 Å². The van der Waals surface area contributed by atoms with Gasteiger partial charge in [0.05, 0.1) is 17.7 Å². The summed E-state index contributed by atoms with van der Waals surface area (Å²) < 4.78 is 6.01. The van der Waals surface area contributed by atoms with Gasteiger partial charge in [-0.3, -0.25) is 4.79 Å². The minimum Gasteiger partial charge on any atom is -0.497 e. The molecule has 116 valence electrons. The minimum atomic E-state index is -0.142. The molecule has 1 aliphatic heterocycles. The molecule has 0 bridgehead atoms. The molecule has 6 heteroatoms. The summed E-state index contributed by atoms with van der Waals surface area (Å²) in [6.07, 6.45) is 1.84. The van der Waals surface area contributed by atoms with Crippen LogP contribution in [-0.2, 0) is 4.79 Å². The van der Waals surface area contributed by atoms with Gasteiger partial charge in [0.2, 0.25) is 0 Å². The van der Waals surface area contributed by atoms with E-state index in [0.717, 1.165) is 21.5 Å². The number of methoxy groups -OCH3 is 1. The molecule has 0 atom stereocenters. The lowest BCUT2D eigenvalue weighted by Gasteiger charge is -1.99. The highest BCUT2D eigenvalue weighted by molar-refractivity contribution is 9.10. The van der Waals surface area contributed by atoms with Crippen molar-refractivity contribution in [2.24, 2.45) is 4.99 Å². The quantitative estimate of drug-likeness (QED) is 0.795. The Labute approximate surface area is 146 Å². The first-order chi connectivity index (χ1) is 11.2. The Morgan fingerprint density at radius 3 is 2.61 bits per heavy atom. The van der Waals surface area contributed by atoms with Crippen LogP contribution in [0.3, 0.4) is 0 Å². The lowest BCUT2D eigenvalue weighted by atomic mass is 10.2. The third-order valence-corrected chi connectivity index (χ3v) is 4.72. The van der Waals surface area contributed by atoms with E-state index < -0.39 is 0 Å². The van der Waals surface area contributed by atoms with Gasteiger partial charge in [-0.25, -0.2) is 4.99 Å². The summed E-state index contributed by atoms with van der Waals surface area (Å²) in [4.78, 5) is 17.1. The number of thioether (sulfide) groups is 1. The molecular weight excluding hydrogens is 376 g/mol. The third kappa shape index (κ3) is 3.83. The summed E-state index contributed by atoms with van der Waals surface area (Å²) in [5.74, 6) is 0.642. The maximum Gasteiger partial charge on any atom is 0.264 e. The fraction of sp³-hybridized carbons (Fsp3) is 0.0588. The summed E-state index contributed by atoms with van der Waals surface area (Å²) in [6.45, 7) is 0. The molecule has 2 aromatic carbocycles. The maximum absolute atomic E-state index is 12.1. The predicted octanol–water partition coefficient (Wildman–Crippen LogP) is 4.35. The average Bonchev–Trinajstić information content (AvgIpc) is 2.90. The van der Waals surface area contributed by atoms with Gasteiger partial charge in [0.25, 0.3) is 5.91 Å². The zero-order chi connectivity index (χ0) is 16.2. The summed E-state index contributed by atoms with van der Waals surface area (Å²) >= 11 is 4.77. The van der Waals surface area contributed by atoms with E-state index in [-0.39, 0.29) is 5.91 Å². The van der Waals surface area contributed by atoms with Crippen molar-refractivity contribution < 1.29 is 9.53 Å². The van der Waals surface area contributed by atoms with Gasteiger partial charge < -0.3 is 10.1 Å². The van der Waals surface area contributed by atoms with Crippen molar-refractivity contribution in [3.63, 3.8) is 0 Å². The van der Waals surface area contributed by atoms with Gasteiger partial charge in [0, 0.05) is 4.47 Å². The second-order valence-electron chi connectivity index (χ2n) is 4.71. The highest BCUT2D eigenvalue weighted by Gasteiger charge is 2.23. The van der Waals surface area contributed by atoms with Crippen molar-refractivity contribution in [3.05, 3.63) is 63.5 Å². The summed E-state index contributed by atoms with van der Waals surface area (Å²) in [5.41, 5.74) is 1.71. The van der Waals surface area contributed by atoms with E-state index in [1.807, 2.05) is 54.6 Å². The van der Waals surface area contributed by atoms with Crippen LogP contribution in [0.15, 0.2) is 62.9 Å². The number of amides is 1. The largest absolute Gasteiger partial charge is 0.497 e. The van der Waals surface area contributed by atoms with Gasteiger partial charge in [-0.15, -0.1) is 0 Å². The van der Waals surface area contributed by atoms with Crippen LogP contribution in [-0.4, -0.2) is 18.2 Å². The molecule has 1 amide bonds. The topological polar surface area (TPSA) is 50.7 Å².